The highest BCUT2D eigenvalue weighted by atomic mass is 16.4. The van der Waals surface area contributed by atoms with Crippen molar-refractivity contribution in [1.29, 1.82) is 0 Å². The number of carboxylic acid groups (broad SMARTS) is 1. The molecule has 6 aliphatic rings. The highest BCUT2D eigenvalue weighted by Crippen LogP contribution is 2.69. The van der Waals surface area contributed by atoms with Gasteiger partial charge in [-0.15, -0.1) is 0 Å². The molecule has 1 N–H and O–H groups in total. The van der Waals surface area contributed by atoms with E-state index >= 15 is 0 Å². The fraction of sp³-hybridized carbons (Fsp3) is 0.679. The molecule has 4 aliphatic carbocycles. The number of aromatic nitrogens is 2. The number of para-hydroxylation sites is 2. The summed E-state index contributed by atoms with van der Waals surface area (Å²) in [6, 6.07) is 8.52. The van der Waals surface area contributed by atoms with Gasteiger partial charge in [0.1, 0.15) is 0 Å². The molecule has 3 heterocycles. The molecular weight excluding hydrogens is 426 g/mol. The first-order valence-electron chi connectivity index (χ1n) is 13.2. The number of aromatic carboxylic acids is 1. The van der Waals surface area contributed by atoms with Crippen LogP contribution in [0.3, 0.4) is 0 Å². The smallest absolute Gasteiger partial charge is 0.360 e. The van der Waals surface area contributed by atoms with Gasteiger partial charge in [-0.2, -0.15) is 0 Å². The highest BCUT2D eigenvalue weighted by molar-refractivity contribution is 5.88. The summed E-state index contributed by atoms with van der Waals surface area (Å²) in [6.45, 7) is 5.10. The molecule has 2 saturated heterocycles. The minimum atomic E-state index is -1.24. The van der Waals surface area contributed by atoms with Crippen molar-refractivity contribution < 1.29 is 9.90 Å². The van der Waals surface area contributed by atoms with Crippen molar-refractivity contribution in [3.63, 3.8) is 0 Å². The quantitative estimate of drug-likeness (QED) is 0.695. The van der Waals surface area contributed by atoms with E-state index in [4.69, 9.17) is 0 Å². The first-order valence-corrected chi connectivity index (χ1v) is 13.2. The molecule has 0 radical (unpaired) electrons. The Morgan fingerprint density at radius 1 is 0.971 bits per heavy atom. The van der Waals surface area contributed by atoms with Gasteiger partial charge in [0.2, 0.25) is 5.69 Å². The molecular formula is C28H35N3O3. The number of hydrogen-bond donors (Lipinski definition) is 1. The highest BCUT2D eigenvalue weighted by Gasteiger charge is 2.64. The Balaban J connectivity index is 1.27. The number of carboxylic acids is 1. The van der Waals surface area contributed by atoms with Gasteiger partial charge in [-0.3, -0.25) is 9.69 Å². The Labute approximate surface area is 200 Å². The Bertz CT molecular complexity index is 1240. The number of piperidine rings is 1. The van der Waals surface area contributed by atoms with Crippen LogP contribution in [-0.2, 0) is 0 Å². The molecule has 34 heavy (non-hydrogen) atoms. The molecule has 6 fully saturated rings. The minimum Gasteiger partial charge on any atom is -0.476 e. The third-order valence-electron chi connectivity index (χ3n) is 10.2. The van der Waals surface area contributed by atoms with Crippen LogP contribution in [0.1, 0.15) is 94.6 Å². The first kappa shape index (κ1) is 21.1. The predicted molar refractivity (Wildman–Crippen MR) is 130 cm³/mol. The Morgan fingerprint density at radius 3 is 2.24 bits per heavy atom. The Morgan fingerprint density at radius 2 is 1.62 bits per heavy atom. The van der Waals surface area contributed by atoms with E-state index in [1.165, 1.54) is 51.4 Å². The molecule has 6 heteroatoms. The van der Waals surface area contributed by atoms with Gasteiger partial charge in [0.25, 0.3) is 5.56 Å². The maximum Gasteiger partial charge on any atom is 0.360 e. The molecule has 2 unspecified atom stereocenters. The van der Waals surface area contributed by atoms with Crippen LogP contribution in [0.4, 0.5) is 0 Å². The van der Waals surface area contributed by atoms with Crippen LogP contribution in [0.2, 0.25) is 0 Å². The molecule has 1 aromatic heterocycles. The van der Waals surface area contributed by atoms with Crippen LogP contribution in [0.15, 0.2) is 29.1 Å². The van der Waals surface area contributed by atoms with Crippen molar-refractivity contribution in [2.75, 3.05) is 0 Å². The maximum atomic E-state index is 13.4. The van der Waals surface area contributed by atoms with E-state index in [1.807, 2.05) is 24.3 Å². The normalized spacial score (nSPS) is 43.0. The van der Waals surface area contributed by atoms with Gasteiger partial charge in [0.05, 0.1) is 11.0 Å². The second kappa shape index (κ2) is 6.71. The summed E-state index contributed by atoms with van der Waals surface area (Å²) in [6.07, 6.45) is 12.5. The first-order chi connectivity index (χ1) is 16.2. The van der Waals surface area contributed by atoms with E-state index < -0.39 is 11.5 Å². The largest absolute Gasteiger partial charge is 0.476 e. The monoisotopic (exact) mass is 461 g/mol. The fourth-order valence-corrected chi connectivity index (χ4v) is 10.5. The molecule has 5 atom stereocenters. The second-order valence-electron chi connectivity index (χ2n) is 13.2. The third-order valence-corrected chi connectivity index (χ3v) is 10.2. The zero-order chi connectivity index (χ0) is 23.5. The van der Waals surface area contributed by atoms with Gasteiger partial charge >= 0.3 is 5.97 Å². The molecule has 6 bridgehead atoms. The fourth-order valence-electron chi connectivity index (χ4n) is 10.5. The Kier molecular flexibility index (Phi) is 4.17. The molecule has 0 amide bonds. The van der Waals surface area contributed by atoms with Crippen LogP contribution in [-0.4, -0.2) is 43.1 Å². The van der Waals surface area contributed by atoms with Gasteiger partial charge in [0, 0.05) is 23.7 Å². The van der Waals surface area contributed by atoms with Crippen molar-refractivity contribution >= 4 is 17.0 Å². The zero-order valence-electron chi connectivity index (χ0n) is 20.3. The third kappa shape index (κ3) is 2.87. The van der Waals surface area contributed by atoms with Crippen LogP contribution >= 0.6 is 0 Å². The maximum absolute atomic E-state index is 13.4. The lowest BCUT2D eigenvalue weighted by Crippen LogP contribution is -2.68. The Hall–Kier alpha value is -2.21. The molecule has 8 rings (SSSR count). The van der Waals surface area contributed by atoms with E-state index in [0.29, 0.717) is 34.0 Å². The van der Waals surface area contributed by atoms with Crippen LogP contribution in [0, 0.1) is 16.7 Å². The number of nitrogens with zero attached hydrogens (tertiary/aromatic N) is 3. The lowest BCUT2D eigenvalue weighted by molar-refractivity contribution is -0.180. The van der Waals surface area contributed by atoms with Gasteiger partial charge < -0.3 is 9.67 Å². The standard InChI is InChI=1S/C28H35N3O3/c1-26-11-17-12-27(2,14-26)16-28(13-17,15-26)31-18-7-8-19(31)10-20(9-18)30-22-6-4-3-5-21(22)29-23(24(30)32)25(33)34/h3-6,17-20H,7-16H2,1-2H3,(H,33,34)/t17?,18-,19+,20+,26?,27?,28?. The number of fused-ring (bicyclic) bond motifs is 3. The van der Waals surface area contributed by atoms with E-state index in [2.05, 4.69) is 23.7 Å². The van der Waals surface area contributed by atoms with Crippen LogP contribution in [0.25, 0.3) is 11.0 Å². The minimum absolute atomic E-state index is 0.0346. The summed E-state index contributed by atoms with van der Waals surface area (Å²) in [7, 11) is 0. The van der Waals surface area contributed by atoms with E-state index in [9.17, 15) is 14.7 Å². The van der Waals surface area contributed by atoms with Gasteiger partial charge in [-0.05, 0) is 93.1 Å². The van der Waals surface area contributed by atoms with E-state index in [-0.39, 0.29) is 11.7 Å². The molecule has 1 aromatic carbocycles. The second-order valence-corrected chi connectivity index (χ2v) is 13.2. The summed E-state index contributed by atoms with van der Waals surface area (Å²) < 4.78 is 1.79. The van der Waals surface area contributed by atoms with Gasteiger partial charge in [-0.1, -0.05) is 26.0 Å². The number of rotatable bonds is 3. The topological polar surface area (TPSA) is 75.4 Å². The molecule has 180 valence electrons. The van der Waals surface area contributed by atoms with E-state index in [1.54, 1.807) is 4.57 Å². The average molecular weight is 462 g/mol. The lowest BCUT2D eigenvalue weighted by Gasteiger charge is -2.69. The van der Waals surface area contributed by atoms with Gasteiger partial charge in [-0.25, -0.2) is 9.78 Å². The van der Waals surface area contributed by atoms with Crippen molar-refractivity contribution in [3.8, 4) is 0 Å². The summed E-state index contributed by atoms with van der Waals surface area (Å²) in [5.74, 6) is -0.367. The average Bonchev–Trinajstić information content (AvgIpc) is 3.02. The number of benzene rings is 1. The van der Waals surface area contributed by atoms with Crippen molar-refractivity contribution in [2.24, 2.45) is 16.7 Å². The molecule has 6 nitrogen and oxygen atoms in total. The lowest BCUT2D eigenvalue weighted by atomic mass is 9.42. The molecule has 2 aromatic rings. The van der Waals surface area contributed by atoms with Crippen molar-refractivity contribution in [2.45, 2.75) is 102 Å². The number of hydrogen-bond acceptors (Lipinski definition) is 4. The van der Waals surface area contributed by atoms with Crippen LogP contribution < -0.4 is 5.56 Å². The van der Waals surface area contributed by atoms with Crippen molar-refractivity contribution in [3.05, 3.63) is 40.3 Å². The number of carbonyl (C=O) groups is 1. The SMILES string of the molecule is CC12CC3CC(C)(C1)CC(N1[C@@H]4CC[C@H]1C[C@@H](n1c(=O)c(C(=O)O)nc5ccccc51)C4)(C3)C2. The summed E-state index contributed by atoms with van der Waals surface area (Å²) >= 11 is 0. The molecule has 0 spiro atoms. The van der Waals surface area contributed by atoms with Gasteiger partial charge in [0.15, 0.2) is 0 Å². The van der Waals surface area contributed by atoms with Crippen molar-refractivity contribution in [1.82, 2.24) is 14.5 Å². The summed E-state index contributed by atoms with van der Waals surface area (Å²) in [5.41, 5.74) is 1.87. The predicted octanol–water partition coefficient (Wildman–Crippen LogP) is 5.01. The summed E-state index contributed by atoms with van der Waals surface area (Å²) in [5, 5.41) is 9.67. The zero-order valence-corrected chi connectivity index (χ0v) is 20.3. The summed E-state index contributed by atoms with van der Waals surface area (Å²) in [4.78, 5) is 32.3. The molecule has 2 aliphatic heterocycles. The van der Waals surface area contributed by atoms with Crippen LogP contribution in [0.5, 0.6) is 0 Å². The molecule has 4 saturated carbocycles. The van der Waals surface area contributed by atoms with E-state index in [0.717, 1.165) is 24.3 Å².